The van der Waals surface area contributed by atoms with E-state index in [-0.39, 0.29) is 11.4 Å². The lowest BCUT2D eigenvalue weighted by Crippen LogP contribution is -2.31. The molecule has 0 saturated heterocycles. The van der Waals surface area contributed by atoms with Crippen molar-refractivity contribution < 1.29 is 13.2 Å². The van der Waals surface area contributed by atoms with Crippen molar-refractivity contribution in [3.63, 3.8) is 0 Å². The van der Waals surface area contributed by atoms with Crippen molar-refractivity contribution >= 4 is 21.4 Å². The Bertz CT molecular complexity index is 1330. The lowest BCUT2D eigenvalue weighted by Gasteiger charge is -2.25. The molecule has 0 aliphatic rings. The van der Waals surface area contributed by atoms with E-state index in [1.54, 1.807) is 36.8 Å². The average molecular weight is 437 g/mol. The first-order valence-electron chi connectivity index (χ1n) is 9.84. The minimum Gasteiger partial charge on any atom is -0.497 e. The summed E-state index contributed by atoms with van der Waals surface area (Å²) in [5, 5.41) is 8.17. The molecule has 31 heavy (non-hydrogen) atoms. The third-order valence-corrected chi connectivity index (χ3v) is 6.91. The van der Waals surface area contributed by atoms with Crippen LogP contribution in [0.1, 0.15) is 22.5 Å². The number of fused-ring (bicyclic) bond motifs is 1. The molecular weight excluding hydrogens is 412 g/mol. The van der Waals surface area contributed by atoms with Gasteiger partial charge in [0.1, 0.15) is 16.5 Å². The molecule has 4 rings (SSSR count). The van der Waals surface area contributed by atoms with E-state index in [1.165, 1.54) is 4.31 Å². The fraction of sp³-hybridized carbons (Fsp3) is 0.217. The molecule has 0 aliphatic carbocycles. The summed E-state index contributed by atoms with van der Waals surface area (Å²) in [5.74, 6) is 1.34. The van der Waals surface area contributed by atoms with Crippen LogP contribution in [0.3, 0.4) is 0 Å². The van der Waals surface area contributed by atoms with Gasteiger partial charge < -0.3 is 4.74 Å². The van der Waals surface area contributed by atoms with Crippen LogP contribution >= 0.6 is 0 Å². The highest BCUT2D eigenvalue weighted by Crippen LogP contribution is 2.30. The van der Waals surface area contributed by atoms with Gasteiger partial charge in [-0.25, -0.2) is 8.42 Å². The van der Waals surface area contributed by atoms with Crippen molar-refractivity contribution in [3.8, 4) is 5.75 Å². The van der Waals surface area contributed by atoms with Crippen LogP contribution in [0.15, 0.2) is 65.7 Å². The Morgan fingerprint density at radius 3 is 2.29 bits per heavy atom. The van der Waals surface area contributed by atoms with Crippen LogP contribution in [0.2, 0.25) is 0 Å². The Kier molecular flexibility index (Phi) is 5.41. The SMILES string of the molecule is COc1ccc(CN(c2cc(C)cc(C)c2)S(=O)(=O)c2cccn3c(C)nnc23)cc1. The molecular formula is C23H24N4O3S. The first-order valence-corrected chi connectivity index (χ1v) is 11.3. The number of pyridine rings is 1. The van der Waals surface area contributed by atoms with Gasteiger partial charge in [-0.2, -0.15) is 0 Å². The minimum absolute atomic E-state index is 0.114. The van der Waals surface area contributed by atoms with E-state index >= 15 is 0 Å². The number of sulfonamides is 1. The third kappa shape index (κ3) is 3.98. The summed E-state index contributed by atoms with van der Waals surface area (Å²) in [7, 11) is -2.34. The zero-order valence-corrected chi connectivity index (χ0v) is 18.7. The standard InChI is InChI=1S/C23H24N4O3S/c1-16-12-17(2)14-20(13-16)27(15-19-7-9-21(30-4)10-8-19)31(28,29)22-6-5-11-26-18(3)24-25-23(22)26/h5-14H,15H2,1-4H3. The maximum absolute atomic E-state index is 13.9. The van der Waals surface area contributed by atoms with Crippen LogP contribution in [-0.4, -0.2) is 30.1 Å². The maximum Gasteiger partial charge on any atom is 0.268 e. The van der Waals surface area contributed by atoms with E-state index in [2.05, 4.69) is 10.2 Å². The zero-order chi connectivity index (χ0) is 22.2. The summed E-state index contributed by atoms with van der Waals surface area (Å²) < 4.78 is 36.2. The summed E-state index contributed by atoms with van der Waals surface area (Å²) in [5.41, 5.74) is 3.73. The maximum atomic E-state index is 13.9. The largest absolute Gasteiger partial charge is 0.497 e. The van der Waals surface area contributed by atoms with Crippen molar-refractivity contribution in [2.75, 3.05) is 11.4 Å². The summed E-state index contributed by atoms with van der Waals surface area (Å²) >= 11 is 0. The number of hydrogen-bond donors (Lipinski definition) is 0. The Morgan fingerprint density at radius 1 is 0.968 bits per heavy atom. The van der Waals surface area contributed by atoms with Gasteiger partial charge in [0, 0.05) is 6.20 Å². The van der Waals surface area contributed by atoms with Gasteiger partial charge >= 0.3 is 0 Å². The van der Waals surface area contributed by atoms with Gasteiger partial charge in [0.2, 0.25) is 0 Å². The molecule has 160 valence electrons. The molecule has 0 bridgehead atoms. The Hall–Kier alpha value is -3.39. The fourth-order valence-corrected chi connectivity index (χ4v) is 5.19. The number of nitrogens with zero attached hydrogens (tertiary/aromatic N) is 4. The smallest absolute Gasteiger partial charge is 0.268 e. The minimum atomic E-state index is -3.94. The second kappa shape index (κ2) is 8.03. The highest BCUT2D eigenvalue weighted by Gasteiger charge is 2.29. The van der Waals surface area contributed by atoms with Gasteiger partial charge in [-0.1, -0.05) is 18.2 Å². The third-order valence-electron chi connectivity index (χ3n) is 5.12. The van der Waals surface area contributed by atoms with Crippen molar-refractivity contribution in [1.82, 2.24) is 14.6 Å². The van der Waals surface area contributed by atoms with E-state index < -0.39 is 10.0 Å². The number of ether oxygens (including phenoxy) is 1. The van der Waals surface area contributed by atoms with Crippen LogP contribution in [0.25, 0.3) is 5.65 Å². The molecule has 2 aromatic heterocycles. The summed E-state index contributed by atoms with van der Waals surface area (Å²) in [4.78, 5) is 0.114. The van der Waals surface area contributed by atoms with Crippen LogP contribution in [0, 0.1) is 20.8 Å². The molecule has 0 aliphatic heterocycles. The molecule has 7 nitrogen and oxygen atoms in total. The van der Waals surface area contributed by atoms with E-state index in [1.807, 2.05) is 56.3 Å². The second-order valence-electron chi connectivity index (χ2n) is 7.52. The lowest BCUT2D eigenvalue weighted by atomic mass is 10.1. The van der Waals surface area contributed by atoms with Crippen LogP contribution < -0.4 is 9.04 Å². The number of benzene rings is 2. The van der Waals surface area contributed by atoms with Gasteiger partial charge in [-0.3, -0.25) is 8.71 Å². The highest BCUT2D eigenvalue weighted by atomic mass is 32.2. The Labute approximate surface area is 182 Å². The molecule has 2 aromatic carbocycles. The molecule has 8 heteroatoms. The fourth-order valence-electron chi connectivity index (χ4n) is 3.63. The number of aryl methyl sites for hydroxylation is 3. The predicted molar refractivity (Wildman–Crippen MR) is 120 cm³/mol. The summed E-state index contributed by atoms with van der Waals surface area (Å²) in [6.07, 6.45) is 1.76. The van der Waals surface area contributed by atoms with Gasteiger partial charge in [-0.05, 0) is 73.9 Å². The van der Waals surface area contributed by atoms with E-state index in [0.29, 0.717) is 22.9 Å². The average Bonchev–Trinajstić information content (AvgIpc) is 3.12. The predicted octanol–water partition coefficient (Wildman–Crippen LogP) is 4.06. The number of aromatic nitrogens is 3. The number of methoxy groups -OCH3 is 1. The molecule has 0 saturated carbocycles. The van der Waals surface area contributed by atoms with Crippen molar-refractivity contribution in [1.29, 1.82) is 0 Å². The molecule has 0 radical (unpaired) electrons. The topological polar surface area (TPSA) is 76.8 Å². The number of anilines is 1. The van der Waals surface area contributed by atoms with Crippen LogP contribution in [0.5, 0.6) is 5.75 Å². The summed E-state index contributed by atoms with van der Waals surface area (Å²) in [6.45, 7) is 5.87. The lowest BCUT2D eigenvalue weighted by molar-refractivity contribution is 0.414. The summed E-state index contributed by atoms with van der Waals surface area (Å²) in [6, 6.07) is 16.4. The van der Waals surface area contributed by atoms with Crippen molar-refractivity contribution in [2.45, 2.75) is 32.2 Å². The number of rotatable bonds is 6. The molecule has 0 unspecified atom stereocenters. The first-order chi connectivity index (χ1) is 14.8. The molecule has 0 amide bonds. The van der Waals surface area contributed by atoms with Gasteiger partial charge in [0.15, 0.2) is 5.65 Å². The zero-order valence-electron chi connectivity index (χ0n) is 17.9. The van der Waals surface area contributed by atoms with E-state index in [4.69, 9.17) is 4.74 Å². The van der Waals surface area contributed by atoms with Gasteiger partial charge in [0.05, 0.1) is 19.3 Å². The first kappa shape index (κ1) is 20.9. The van der Waals surface area contributed by atoms with Crippen molar-refractivity contribution in [2.24, 2.45) is 0 Å². The molecule has 0 fully saturated rings. The van der Waals surface area contributed by atoms with Crippen LogP contribution in [-0.2, 0) is 16.6 Å². The van der Waals surface area contributed by atoms with E-state index in [0.717, 1.165) is 16.7 Å². The quantitative estimate of drug-likeness (QED) is 0.456. The van der Waals surface area contributed by atoms with Crippen molar-refractivity contribution in [3.05, 3.63) is 83.3 Å². The molecule has 0 spiro atoms. The monoisotopic (exact) mass is 436 g/mol. The molecule has 0 N–H and O–H groups in total. The molecule has 4 aromatic rings. The second-order valence-corrected chi connectivity index (χ2v) is 9.35. The van der Waals surface area contributed by atoms with Crippen LogP contribution in [0.4, 0.5) is 5.69 Å². The van der Waals surface area contributed by atoms with Gasteiger partial charge in [-0.15, -0.1) is 10.2 Å². The van der Waals surface area contributed by atoms with E-state index in [9.17, 15) is 8.42 Å². The molecule has 0 atom stereocenters. The Balaban J connectivity index is 1.87. The van der Waals surface area contributed by atoms with Gasteiger partial charge in [0.25, 0.3) is 10.0 Å². The molecule has 2 heterocycles. The number of hydrogen-bond acceptors (Lipinski definition) is 5. The normalized spacial score (nSPS) is 11.6. The highest BCUT2D eigenvalue weighted by molar-refractivity contribution is 7.93. The Morgan fingerprint density at radius 2 is 1.65 bits per heavy atom.